The van der Waals surface area contributed by atoms with Crippen molar-refractivity contribution in [3.05, 3.63) is 47.6 Å². The van der Waals surface area contributed by atoms with Gasteiger partial charge in [0, 0.05) is 60.6 Å². The fourth-order valence-electron chi connectivity index (χ4n) is 2.42. The Morgan fingerprint density at radius 3 is 2.48 bits per heavy atom. The van der Waals surface area contributed by atoms with Crippen LogP contribution in [0.25, 0.3) is 10.9 Å². The first-order valence-corrected chi connectivity index (χ1v) is 9.20. The Hall–Kier alpha value is -2.64. The second-order valence-corrected chi connectivity index (χ2v) is 6.29. The number of hydrogen-bond acceptors (Lipinski definition) is 5. The van der Waals surface area contributed by atoms with Crippen molar-refractivity contribution in [2.45, 2.75) is 12.8 Å². The number of fused-ring (bicyclic) bond motifs is 1. The number of nitrogens with one attached hydrogen (secondary N) is 3. The monoisotopic (exact) mass is 389 g/mol. The number of rotatable bonds is 10. The second kappa shape index (κ2) is 11.2. The zero-order valence-electron chi connectivity index (χ0n) is 15.0. The highest BCUT2D eigenvalue weighted by Crippen LogP contribution is 2.24. The maximum atomic E-state index is 11.6. The quantitative estimate of drug-likeness (QED) is 0.366. The highest BCUT2D eigenvalue weighted by molar-refractivity contribution is 6.31. The van der Waals surface area contributed by atoms with Gasteiger partial charge in [0.1, 0.15) is 0 Å². The van der Waals surface area contributed by atoms with Gasteiger partial charge in [0.2, 0.25) is 11.8 Å². The maximum Gasteiger partial charge on any atom is 0.244 e. The summed E-state index contributed by atoms with van der Waals surface area (Å²) in [6.07, 6.45) is 5.88. The minimum absolute atomic E-state index is 0.289. The molecule has 27 heavy (non-hydrogen) atoms. The number of anilines is 1. The molecule has 7 nitrogen and oxygen atoms in total. The SMILES string of the molecule is NCCNC(=O)/C=C/C(=O)NCCCCNc1ccnc2cc(Cl)ccc12. The summed E-state index contributed by atoms with van der Waals surface area (Å²) in [5, 5.41) is 10.4. The van der Waals surface area contributed by atoms with E-state index in [4.69, 9.17) is 17.3 Å². The van der Waals surface area contributed by atoms with Gasteiger partial charge in [-0.05, 0) is 37.1 Å². The highest BCUT2D eigenvalue weighted by atomic mass is 35.5. The largest absolute Gasteiger partial charge is 0.384 e. The topological polar surface area (TPSA) is 109 Å². The molecular formula is C19H24ClN5O2. The fraction of sp³-hybridized carbons (Fsp3) is 0.316. The second-order valence-electron chi connectivity index (χ2n) is 5.86. The number of carbonyl (C=O) groups is 2. The van der Waals surface area contributed by atoms with E-state index in [1.165, 1.54) is 12.2 Å². The molecule has 8 heteroatoms. The van der Waals surface area contributed by atoms with Gasteiger partial charge >= 0.3 is 0 Å². The lowest BCUT2D eigenvalue weighted by Gasteiger charge is -2.09. The third-order valence-electron chi connectivity index (χ3n) is 3.75. The Labute approximate surface area is 163 Å². The summed E-state index contributed by atoms with van der Waals surface area (Å²) in [5.41, 5.74) is 7.13. The van der Waals surface area contributed by atoms with E-state index < -0.39 is 0 Å². The lowest BCUT2D eigenvalue weighted by atomic mass is 10.2. The van der Waals surface area contributed by atoms with Gasteiger partial charge in [0.15, 0.2) is 0 Å². The summed E-state index contributed by atoms with van der Waals surface area (Å²) in [5.74, 6) is -0.617. The standard InChI is InChI=1S/C19H24ClN5O2/c20-14-3-4-15-16(7-11-23-17(15)13-14)22-9-1-2-10-24-18(26)5-6-19(27)25-12-8-21/h3-7,11,13H,1-2,8-10,12,21H2,(H,22,23)(H,24,26)(H,25,27)/b6-5+. The van der Waals surface area contributed by atoms with Crippen LogP contribution in [0, 0.1) is 0 Å². The zero-order valence-corrected chi connectivity index (χ0v) is 15.8. The molecule has 0 unspecified atom stereocenters. The van der Waals surface area contributed by atoms with Crippen LogP contribution in [-0.4, -0.2) is 43.0 Å². The molecule has 0 aliphatic rings. The van der Waals surface area contributed by atoms with Crippen LogP contribution in [0.15, 0.2) is 42.6 Å². The van der Waals surface area contributed by atoms with Crippen molar-refractivity contribution in [2.75, 3.05) is 31.5 Å². The van der Waals surface area contributed by atoms with E-state index in [0.717, 1.165) is 36.0 Å². The molecule has 1 heterocycles. The summed E-state index contributed by atoms with van der Waals surface area (Å²) in [7, 11) is 0. The van der Waals surface area contributed by atoms with E-state index in [-0.39, 0.29) is 11.8 Å². The van der Waals surface area contributed by atoms with Crippen molar-refractivity contribution in [3.8, 4) is 0 Å². The predicted octanol–water partition coefficient (Wildman–Crippen LogP) is 1.83. The first kappa shape index (κ1) is 20.7. The van der Waals surface area contributed by atoms with Crippen molar-refractivity contribution in [3.63, 3.8) is 0 Å². The average molecular weight is 390 g/mol. The van der Waals surface area contributed by atoms with Crippen LogP contribution in [0.1, 0.15) is 12.8 Å². The number of aromatic nitrogens is 1. The zero-order chi connectivity index (χ0) is 19.5. The van der Waals surface area contributed by atoms with Crippen LogP contribution in [0.4, 0.5) is 5.69 Å². The van der Waals surface area contributed by atoms with Gasteiger partial charge in [-0.15, -0.1) is 0 Å². The number of benzene rings is 1. The van der Waals surface area contributed by atoms with Crippen molar-refractivity contribution in [1.29, 1.82) is 0 Å². The van der Waals surface area contributed by atoms with E-state index in [1.54, 1.807) is 6.20 Å². The van der Waals surface area contributed by atoms with E-state index >= 15 is 0 Å². The van der Waals surface area contributed by atoms with Gasteiger partial charge < -0.3 is 21.7 Å². The first-order chi connectivity index (χ1) is 13.1. The molecule has 2 amide bonds. The van der Waals surface area contributed by atoms with Gasteiger partial charge in [0.25, 0.3) is 0 Å². The highest BCUT2D eigenvalue weighted by Gasteiger charge is 2.02. The smallest absolute Gasteiger partial charge is 0.244 e. The van der Waals surface area contributed by atoms with Crippen molar-refractivity contribution in [1.82, 2.24) is 15.6 Å². The molecular weight excluding hydrogens is 366 g/mol. The molecule has 0 spiro atoms. The van der Waals surface area contributed by atoms with E-state index in [0.29, 0.717) is 24.7 Å². The molecule has 0 bridgehead atoms. The number of nitrogens with zero attached hydrogens (tertiary/aromatic N) is 1. The number of nitrogens with two attached hydrogens (primary N) is 1. The molecule has 0 radical (unpaired) electrons. The lowest BCUT2D eigenvalue weighted by molar-refractivity contribution is -0.118. The maximum absolute atomic E-state index is 11.6. The van der Waals surface area contributed by atoms with Crippen LogP contribution in [0.2, 0.25) is 5.02 Å². The molecule has 0 aliphatic heterocycles. The predicted molar refractivity (Wildman–Crippen MR) is 109 cm³/mol. The van der Waals surface area contributed by atoms with E-state index in [9.17, 15) is 9.59 Å². The molecule has 0 fully saturated rings. The lowest BCUT2D eigenvalue weighted by Crippen LogP contribution is -2.28. The van der Waals surface area contributed by atoms with E-state index in [1.807, 2.05) is 24.3 Å². The third kappa shape index (κ3) is 7.24. The van der Waals surface area contributed by atoms with Crippen LogP contribution in [0.3, 0.4) is 0 Å². The number of hydrogen-bond donors (Lipinski definition) is 4. The first-order valence-electron chi connectivity index (χ1n) is 8.82. The molecule has 2 rings (SSSR count). The van der Waals surface area contributed by atoms with Crippen molar-refractivity contribution >= 4 is 40.0 Å². The number of amides is 2. The number of carbonyl (C=O) groups excluding carboxylic acids is 2. The molecule has 1 aromatic heterocycles. The Morgan fingerprint density at radius 2 is 1.74 bits per heavy atom. The Morgan fingerprint density at radius 1 is 1.04 bits per heavy atom. The van der Waals surface area contributed by atoms with Crippen LogP contribution in [-0.2, 0) is 9.59 Å². The molecule has 5 N–H and O–H groups in total. The van der Waals surface area contributed by atoms with Gasteiger partial charge in [-0.1, -0.05) is 11.6 Å². The summed E-state index contributed by atoms with van der Waals surface area (Å²) >= 11 is 5.99. The number of pyridine rings is 1. The summed E-state index contributed by atoms with van der Waals surface area (Å²) < 4.78 is 0. The van der Waals surface area contributed by atoms with Gasteiger partial charge in [0.05, 0.1) is 5.52 Å². The van der Waals surface area contributed by atoms with Crippen LogP contribution >= 0.6 is 11.6 Å². The molecule has 0 aliphatic carbocycles. The Bertz CT molecular complexity index is 810. The Balaban J connectivity index is 1.66. The molecule has 0 saturated carbocycles. The van der Waals surface area contributed by atoms with Gasteiger partial charge in [-0.2, -0.15) is 0 Å². The van der Waals surface area contributed by atoms with Crippen LogP contribution in [0.5, 0.6) is 0 Å². The number of halogens is 1. The average Bonchev–Trinajstić information content (AvgIpc) is 2.67. The summed E-state index contributed by atoms with van der Waals surface area (Å²) in [6, 6.07) is 7.55. The summed E-state index contributed by atoms with van der Waals surface area (Å²) in [6.45, 7) is 2.07. The minimum atomic E-state index is -0.328. The molecule has 1 aromatic carbocycles. The van der Waals surface area contributed by atoms with Crippen LogP contribution < -0.4 is 21.7 Å². The van der Waals surface area contributed by atoms with Crippen molar-refractivity contribution in [2.24, 2.45) is 5.73 Å². The van der Waals surface area contributed by atoms with E-state index in [2.05, 4.69) is 20.9 Å². The Kier molecular flexibility index (Phi) is 8.54. The minimum Gasteiger partial charge on any atom is -0.384 e. The van der Waals surface area contributed by atoms with Gasteiger partial charge in [-0.25, -0.2) is 0 Å². The normalized spacial score (nSPS) is 10.9. The fourth-order valence-corrected chi connectivity index (χ4v) is 2.59. The molecule has 2 aromatic rings. The molecule has 0 atom stereocenters. The number of unbranched alkanes of at least 4 members (excludes halogenated alkanes) is 1. The molecule has 0 saturated heterocycles. The third-order valence-corrected chi connectivity index (χ3v) is 3.99. The van der Waals surface area contributed by atoms with Crippen molar-refractivity contribution < 1.29 is 9.59 Å². The van der Waals surface area contributed by atoms with Gasteiger partial charge in [-0.3, -0.25) is 14.6 Å². The summed E-state index contributed by atoms with van der Waals surface area (Å²) in [4.78, 5) is 27.2. The molecule has 144 valence electrons.